The number of carbonyl (C=O) groups excluding carboxylic acids is 1. The fourth-order valence-electron chi connectivity index (χ4n) is 2.85. The fourth-order valence-corrected chi connectivity index (χ4v) is 4.25. The lowest BCUT2D eigenvalue weighted by Crippen LogP contribution is -2.38. The number of carboxylic acid groups (broad SMARTS) is 1. The number of aromatic nitrogens is 4. The van der Waals surface area contributed by atoms with Gasteiger partial charge in [-0.1, -0.05) is 30.3 Å². The van der Waals surface area contributed by atoms with Gasteiger partial charge in [0.05, 0.1) is 6.54 Å². The second kappa shape index (κ2) is 10.2. The van der Waals surface area contributed by atoms with E-state index in [1.165, 1.54) is 17.7 Å². The molecule has 2 aromatic heterocycles. The molecular formula is C19H21N5O3S2. The quantitative estimate of drug-likeness (QED) is 0.425. The van der Waals surface area contributed by atoms with Gasteiger partial charge < -0.3 is 10.4 Å². The van der Waals surface area contributed by atoms with Gasteiger partial charge in [-0.25, -0.2) is 9.48 Å². The lowest BCUT2D eigenvalue weighted by molar-refractivity contribution is -0.142. The van der Waals surface area contributed by atoms with Crippen LogP contribution in [0.2, 0.25) is 0 Å². The van der Waals surface area contributed by atoms with Crippen LogP contribution in [0.5, 0.6) is 0 Å². The Bertz CT molecular complexity index is 930. The highest BCUT2D eigenvalue weighted by atomic mass is 32.1. The summed E-state index contributed by atoms with van der Waals surface area (Å²) in [6.45, 7) is 0.439. The minimum atomic E-state index is -1.10. The Morgan fingerprint density at radius 1 is 1.21 bits per heavy atom. The molecule has 0 aliphatic heterocycles. The Kier molecular flexibility index (Phi) is 7.36. The minimum absolute atomic E-state index is 0.307. The summed E-state index contributed by atoms with van der Waals surface area (Å²) in [5.74, 6) is -1.44. The number of hydrogen-bond acceptors (Lipinski definition) is 7. The summed E-state index contributed by atoms with van der Waals surface area (Å²) in [4.78, 5) is 25.9. The van der Waals surface area contributed by atoms with E-state index in [0.29, 0.717) is 23.6 Å². The Labute approximate surface area is 177 Å². The molecule has 2 heterocycles. The number of thiol groups is 1. The molecule has 1 amide bonds. The number of hydrogen-bond donors (Lipinski definition) is 3. The molecule has 8 nitrogen and oxygen atoms in total. The molecule has 1 unspecified atom stereocenters. The van der Waals surface area contributed by atoms with Crippen molar-refractivity contribution in [3.63, 3.8) is 0 Å². The van der Waals surface area contributed by atoms with Gasteiger partial charge in [0.1, 0.15) is 6.33 Å². The van der Waals surface area contributed by atoms with Crippen molar-refractivity contribution in [3.05, 3.63) is 64.1 Å². The molecule has 0 aliphatic carbocycles. The van der Waals surface area contributed by atoms with Crippen molar-refractivity contribution in [2.24, 2.45) is 5.92 Å². The summed E-state index contributed by atoms with van der Waals surface area (Å²) in [5.41, 5.74) is 1.13. The second-order valence-electron chi connectivity index (χ2n) is 6.50. The van der Waals surface area contributed by atoms with E-state index in [-0.39, 0.29) is 11.8 Å². The molecule has 2 atom stereocenters. The molecule has 1 aromatic carbocycles. The first-order chi connectivity index (χ1) is 14.1. The zero-order chi connectivity index (χ0) is 20.6. The van der Waals surface area contributed by atoms with Crippen molar-refractivity contribution in [2.75, 3.05) is 5.75 Å². The van der Waals surface area contributed by atoms with Gasteiger partial charge in [-0.3, -0.25) is 4.79 Å². The predicted octanol–water partition coefficient (Wildman–Crippen LogP) is 2.20. The number of tetrazole rings is 1. The average Bonchev–Trinajstić information content (AvgIpc) is 3.40. The van der Waals surface area contributed by atoms with Gasteiger partial charge in [-0.2, -0.15) is 12.6 Å². The van der Waals surface area contributed by atoms with E-state index < -0.39 is 12.0 Å². The van der Waals surface area contributed by atoms with Gasteiger partial charge in [0.2, 0.25) is 5.91 Å². The number of carbonyl (C=O) groups is 2. The third-order valence-corrected chi connectivity index (χ3v) is 6.00. The number of nitrogens with one attached hydrogen (secondary N) is 1. The predicted molar refractivity (Wildman–Crippen MR) is 112 cm³/mol. The summed E-state index contributed by atoms with van der Waals surface area (Å²) >= 11 is 5.60. The summed E-state index contributed by atoms with van der Waals surface area (Å²) in [6, 6.07) is 12.3. The van der Waals surface area contributed by atoms with Crippen molar-refractivity contribution >= 4 is 35.8 Å². The van der Waals surface area contributed by atoms with Crippen LogP contribution in [0.4, 0.5) is 0 Å². The highest BCUT2D eigenvalue weighted by molar-refractivity contribution is 7.80. The van der Waals surface area contributed by atoms with Crippen LogP contribution in [-0.2, 0) is 22.6 Å². The van der Waals surface area contributed by atoms with Crippen LogP contribution in [0.3, 0.4) is 0 Å². The third kappa shape index (κ3) is 5.88. The van der Waals surface area contributed by atoms with Gasteiger partial charge >= 0.3 is 5.97 Å². The molecule has 10 heteroatoms. The van der Waals surface area contributed by atoms with Gasteiger partial charge in [0, 0.05) is 21.4 Å². The van der Waals surface area contributed by atoms with Gasteiger partial charge in [0.15, 0.2) is 6.04 Å². The first kappa shape index (κ1) is 21.0. The number of aryl methyl sites for hydroxylation is 1. The highest BCUT2D eigenvalue weighted by Gasteiger charge is 2.27. The van der Waals surface area contributed by atoms with Crippen LogP contribution < -0.4 is 5.32 Å². The van der Waals surface area contributed by atoms with E-state index in [9.17, 15) is 14.7 Å². The molecule has 152 valence electrons. The van der Waals surface area contributed by atoms with Crippen LogP contribution in [-0.4, -0.2) is 42.9 Å². The number of carboxylic acids is 1. The maximum atomic E-state index is 12.7. The van der Waals surface area contributed by atoms with Gasteiger partial charge in [0.25, 0.3) is 0 Å². The lowest BCUT2D eigenvalue weighted by atomic mass is 9.99. The maximum absolute atomic E-state index is 12.7. The zero-order valence-electron chi connectivity index (χ0n) is 15.5. The lowest BCUT2D eigenvalue weighted by Gasteiger charge is -2.18. The number of aliphatic carboxylic acids is 1. The van der Waals surface area contributed by atoms with E-state index >= 15 is 0 Å². The molecule has 0 fully saturated rings. The first-order valence-electron chi connectivity index (χ1n) is 9.04. The molecule has 0 saturated heterocycles. The van der Waals surface area contributed by atoms with Gasteiger partial charge in [-0.05, 0) is 41.0 Å². The Morgan fingerprint density at radius 2 is 2.00 bits per heavy atom. The molecule has 0 radical (unpaired) electrons. The molecule has 0 aliphatic rings. The molecule has 2 N–H and O–H groups in total. The van der Waals surface area contributed by atoms with E-state index in [1.807, 2.05) is 36.4 Å². The standard InChI is InChI=1S/C19H21N5O3S2/c25-18(14(11-28)7-6-13-4-2-1-3-5-13)21-17(19(26)27)16-9-8-15(29-16)10-24-12-20-22-23-24/h1-5,8-9,12,14,17,28H,6-7,10-11H2,(H,21,25)(H,26,27)/t14-,17?/m1/s1. The smallest absolute Gasteiger partial charge is 0.331 e. The minimum Gasteiger partial charge on any atom is -0.479 e. The number of rotatable bonds is 10. The summed E-state index contributed by atoms with van der Waals surface area (Å²) in [7, 11) is 0. The normalized spacial score (nSPS) is 13.0. The molecular weight excluding hydrogens is 410 g/mol. The van der Waals surface area contributed by atoms with Crippen LogP contribution >= 0.6 is 24.0 Å². The first-order valence-corrected chi connectivity index (χ1v) is 10.5. The molecule has 3 aromatic rings. The molecule has 3 rings (SSSR count). The maximum Gasteiger partial charge on any atom is 0.331 e. The summed E-state index contributed by atoms with van der Waals surface area (Å²) in [6.07, 6.45) is 2.81. The van der Waals surface area contributed by atoms with Crippen molar-refractivity contribution in [1.82, 2.24) is 25.5 Å². The number of benzene rings is 1. The van der Waals surface area contributed by atoms with Crippen molar-refractivity contribution in [3.8, 4) is 0 Å². The monoisotopic (exact) mass is 431 g/mol. The van der Waals surface area contributed by atoms with Gasteiger partial charge in [-0.15, -0.1) is 16.4 Å². The molecule has 0 saturated carbocycles. The average molecular weight is 432 g/mol. The van der Waals surface area contributed by atoms with Crippen LogP contribution in [0.1, 0.15) is 27.8 Å². The van der Waals surface area contributed by atoms with E-state index in [2.05, 4.69) is 33.5 Å². The van der Waals surface area contributed by atoms with Crippen molar-refractivity contribution in [1.29, 1.82) is 0 Å². The van der Waals surface area contributed by atoms with Crippen LogP contribution in [0.15, 0.2) is 48.8 Å². The highest BCUT2D eigenvalue weighted by Crippen LogP contribution is 2.25. The Morgan fingerprint density at radius 3 is 2.66 bits per heavy atom. The van der Waals surface area contributed by atoms with Crippen molar-refractivity contribution in [2.45, 2.75) is 25.4 Å². The molecule has 0 bridgehead atoms. The SMILES string of the molecule is O=C(O)C(NC(=O)[C@@H](CS)CCc1ccccc1)c1ccc(Cn2cnnn2)s1. The van der Waals surface area contributed by atoms with E-state index in [1.54, 1.807) is 10.7 Å². The van der Waals surface area contributed by atoms with Crippen molar-refractivity contribution < 1.29 is 14.7 Å². The summed E-state index contributed by atoms with van der Waals surface area (Å²) < 4.78 is 1.55. The number of nitrogens with zero attached hydrogens (tertiary/aromatic N) is 4. The van der Waals surface area contributed by atoms with Crippen LogP contribution in [0.25, 0.3) is 0 Å². The largest absolute Gasteiger partial charge is 0.479 e. The Hall–Kier alpha value is -2.72. The fraction of sp³-hybridized carbons (Fsp3) is 0.316. The molecule has 29 heavy (non-hydrogen) atoms. The zero-order valence-corrected chi connectivity index (χ0v) is 17.2. The third-order valence-electron chi connectivity index (χ3n) is 4.43. The van der Waals surface area contributed by atoms with Crippen LogP contribution in [0, 0.1) is 5.92 Å². The summed E-state index contributed by atoms with van der Waals surface area (Å²) in [5, 5.41) is 23.3. The Balaban J connectivity index is 1.63. The van der Waals surface area contributed by atoms with E-state index in [4.69, 9.17) is 0 Å². The number of thiophene rings is 1. The molecule has 0 spiro atoms. The van der Waals surface area contributed by atoms with E-state index in [0.717, 1.165) is 16.9 Å². The second-order valence-corrected chi connectivity index (χ2v) is 8.06. The number of amides is 1. The topological polar surface area (TPSA) is 110 Å².